The van der Waals surface area contributed by atoms with Crippen LogP contribution >= 0.6 is 0 Å². The molecule has 2 fully saturated rings. The van der Waals surface area contributed by atoms with Crippen molar-refractivity contribution in [3.05, 3.63) is 58.9 Å². The molecule has 2 heterocycles. The van der Waals surface area contributed by atoms with Crippen LogP contribution in [0.15, 0.2) is 36.5 Å². The molecule has 0 unspecified atom stereocenters. The summed E-state index contributed by atoms with van der Waals surface area (Å²) in [4.78, 5) is 7.02. The minimum atomic E-state index is -0.788. The highest BCUT2D eigenvalue weighted by Gasteiger charge is 2.53. The van der Waals surface area contributed by atoms with Crippen molar-refractivity contribution in [2.45, 2.75) is 38.8 Å². The van der Waals surface area contributed by atoms with E-state index in [-0.39, 0.29) is 5.92 Å². The maximum Gasteiger partial charge on any atom is 0.123 e. The molecule has 4 nitrogen and oxygen atoms in total. The normalized spacial score (nSPS) is 28.3. The molecule has 1 aromatic carbocycles. The van der Waals surface area contributed by atoms with E-state index < -0.39 is 5.60 Å². The number of aromatic nitrogens is 1. The maximum atomic E-state index is 11.4. The van der Waals surface area contributed by atoms with E-state index in [0.29, 0.717) is 5.92 Å². The lowest BCUT2D eigenvalue weighted by molar-refractivity contribution is -0.0108. The molecule has 2 aliphatic rings. The van der Waals surface area contributed by atoms with Gasteiger partial charge in [-0.05, 0) is 50.3 Å². The second-order valence-electron chi connectivity index (χ2n) is 8.06. The van der Waals surface area contributed by atoms with Gasteiger partial charge in [-0.1, -0.05) is 23.8 Å². The number of hydrogen-bond acceptors (Lipinski definition) is 4. The molecule has 0 amide bonds. The zero-order valence-corrected chi connectivity index (χ0v) is 15.9. The highest BCUT2D eigenvalue weighted by atomic mass is 16.5. The van der Waals surface area contributed by atoms with Crippen LogP contribution < -0.4 is 4.74 Å². The first-order valence-electron chi connectivity index (χ1n) is 9.51. The van der Waals surface area contributed by atoms with Gasteiger partial charge in [0.2, 0.25) is 0 Å². The van der Waals surface area contributed by atoms with Crippen molar-refractivity contribution in [2.75, 3.05) is 20.2 Å². The molecular weight excluding hydrogens is 324 g/mol. The van der Waals surface area contributed by atoms with E-state index in [0.717, 1.165) is 49.5 Å². The quantitative estimate of drug-likeness (QED) is 0.916. The molecule has 2 aromatic rings. The number of likely N-dealkylation sites (tertiary alicyclic amines) is 1. The number of methoxy groups -OCH3 is 1. The molecular formula is C22H28N2O2. The topological polar surface area (TPSA) is 45.6 Å². The second kappa shape index (κ2) is 6.67. The molecule has 1 aliphatic heterocycles. The van der Waals surface area contributed by atoms with E-state index in [1.54, 1.807) is 7.11 Å². The van der Waals surface area contributed by atoms with Crippen LogP contribution in [-0.2, 0) is 12.1 Å². The lowest BCUT2D eigenvalue weighted by Gasteiger charge is -2.30. The summed E-state index contributed by atoms with van der Waals surface area (Å²) < 4.78 is 5.54. The van der Waals surface area contributed by atoms with Gasteiger partial charge in [0, 0.05) is 37.3 Å². The molecule has 4 rings (SSSR count). The van der Waals surface area contributed by atoms with Crippen molar-refractivity contribution in [2.24, 2.45) is 11.8 Å². The van der Waals surface area contributed by atoms with Crippen LogP contribution in [0, 0.1) is 25.7 Å². The number of fused-ring (bicyclic) bond motifs is 1. The fraction of sp³-hybridized carbons (Fsp3) is 0.500. The van der Waals surface area contributed by atoms with Gasteiger partial charge in [0.15, 0.2) is 0 Å². The summed E-state index contributed by atoms with van der Waals surface area (Å²) in [5.41, 5.74) is 3.66. The molecule has 1 saturated carbocycles. The number of pyridine rings is 1. The molecule has 0 spiro atoms. The number of aliphatic hydroxyl groups is 1. The van der Waals surface area contributed by atoms with E-state index in [9.17, 15) is 5.11 Å². The van der Waals surface area contributed by atoms with Crippen LogP contribution in [0.4, 0.5) is 0 Å². The maximum absolute atomic E-state index is 11.4. The number of rotatable bonds is 4. The van der Waals surface area contributed by atoms with Crippen LogP contribution in [0.25, 0.3) is 0 Å². The first-order valence-corrected chi connectivity index (χ1v) is 9.51. The summed E-state index contributed by atoms with van der Waals surface area (Å²) >= 11 is 0. The molecule has 0 bridgehead atoms. The summed E-state index contributed by atoms with van der Waals surface area (Å²) in [5.74, 6) is 1.75. The Labute approximate surface area is 155 Å². The number of hydrogen-bond donors (Lipinski definition) is 1. The van der Waals surface area contributed by atoms with Crippen LogP contribution in [0.3, 0.4) is 0 Å². The third-order valence-corrected chi connectivity index (χ3v) is 6.21. The molecule has 1 N–H and O–H groups in total. The molecule has 26 heavy (non-hydrogen) atoms. The molecule has 1 aliphatic carbocycles. The van der Waals surface area contributed by atoms with Crippen molar-refractivity contribution in [1.29, 1.82) is 0 Å². The van der Waals surface area contributed by atoms with Gasteiger partial charge in [0.1, 0.15) is 11.4 Å². The standard InChI is InChI=1S/C22H28N2O2/c1-15-4-6-20(26-3)18(10-15)13-24-12-17-8-9-22(25,19(17)14-24)21-7-5-16(2)11-23-21/h4-7,10-11,17,19,25H,8-9,12-14H2,1-3H3/t17-,19-,22+/m0/s1. The predicted molar refractivity (Wildman–Crippen MR) is 102 cm³/mol. The fourth-order valence-corrected chi connectivity index (χ4v) is 4.83. The van der Waals surface area contributed by atoms with Crippen LogP contribution in [0.5, 0.6) is 5.75 Å². The van der Waals surface area contributed by atoms with Gasteiger partial charge in [0.25, 0.3) is 0 Å². The third kappa shape index (κ3) is 3.01. The Kier molecular flexibility index (Phi) is 4.49. The van der Waals surface area contributed by atoms with Crippen molar-refractivity contribution in [3.8, 4) is 5.75 Å². The molecule has 1 saturated heterocycles. The summed E-state index contributed by atoms with van der Waals surface area (Å²) in [5, 5.41) is 11.4. The largest absolute Gasteiger partial charge is 0.496 e. The highest BCUT2D eigenvalue weighted by Crippen LogP contribution is 2.50. The van der Waals surface area contributed by atoms with E-state index in [2.05, 4.69) is 35.0 Å². The Balaban J connectivity index is 1.53. The van der Waals surface area contributed by atoms with E-state index in [1.165, 1.54) is 11.1 Å². The summed E-state index contributed by atoms with van der Waals surface area (Å²) in [7, 11) is 1.73. The average molecular weight is 352 g/mol. The van der Waals surface area contributed by atoms with Gasteiger partial charge in [-0.15, -0.1) is 0 Å². The van der Waals surface area contributed by atoms with Gasteiger partial charge < -0.3 is 9.84 Å². The number of benzene rings is 1. The number of ether oxygens (including phenoxy) is 1. The predicted octanol–water partition coefficient (Wildman–Crippen LogP) is 3.44. The zero-order chi connectivity index (χ0) is 18.3. The molecule has 3 atom stereocenters. The second-order valence-corrected chi connectivity index (χ2v) is 8.06. The number of aryl methyl sites for hydroxylation is 2. The Morgan fingerprint density at radius 2 is 2.00 bits per heavy atom. The SMILES string of the molecule is COc1ccc(C)cc1CN1C[C@@H]2CC[C@](O)(c3ccc(C)cn3)[C@H]2C1. The van der Waals surface area contributed by atoms with Crippen molar-refractivity contribution >= 4 is 0 Å². The van der Waals surface area contributed by atoms with Gasteiger partial charge in [0.05, 0.1) is 12.8 Å². The Morgan fingerprint density at radius 3 is 2.73 bits per heavy atom. The van der Waals surface area contributed by atoms with Crippen LogP contribution in [0.2, 0.25) is 0 Å². The smallest absolute Gasteiger partial charge is 0.123 e. The van der Waals surface area contributed by atoms with Crippen molar-refractivity contribution in [3.63, 3.8) is 0 Å². The zero-order valence-electron chi connectivity index (χ0n) is 15.9. The van der Waals surface area contributed by atoms with Gasteiger partial charge in [-0.2, -0.15) is 0 Å². The summed E-state index contributed by atoms with van der Waals surface area (Å²) in [6.07, 6.45) is 3.75. The third-order valence-electron chi connectivity index (χ3n) is 6.21. The molecule has 1 aromatic heterocycles. The lowest BCUT2D eigenvalue weighted by atomic mass is 9.85. The minimum Gasteiger partial charge on any atom is -0.496 e. The number of nitrogens with zero attached hydrogens (tertiary/aromatic N) is 2. The van der Waals surface area contributed by atoms with Gasteiger partial charge in [-0.25, -0.2) is 0 Å². The Hall–Kier alpha value is -1.91. The van der Waals surface area contributed by atoms with Gasteiger partial charge >= 0.3 is 0 Å². The molecule has 0 radical (unpaired) electrons. The Morgan fingerprint density at radius 1 is 1.19 bits per heavy atom. The lowest BCUT2D eigenvalue weighted by Crippen LogP contribution is -2.35. The Bertz CT molecular complexity index is 789. The minimum absolute atomic E-state index is 0.258. The highest BCUT2D eigenvalue weighted by molar-refractivity contribution is 5.37. The molecule has 4 heteroatoms. The van der Waals surface area contributed by atoms with Crippen molar-refractivity contribution < 1.29 is 9.84 Å². The van der Waals surface area contributed by atoms with E-state index in [1.807, 2.05) is 25.3 Å². The summed E-state index contributed by atoms with van der Waals surface area (Å²) in [6.45, 7) is 6.97. The first-order chi connectivity index (χ1) is 12.5. The van der Waals surface area contributed by atoms with Gasteiger partial charge in [-0.3, -0.25) is 9.88 Å². The monoisotopic (exact) mass is 352 g/mol. The van der Waals surface area contributed by atoms with E-state index in [4.69, 9.17) is 4.74 Å². The average Bonchev–Trinajstić information content (AvgIpc) is 3.16. The first kappa shape index (κ1) is 17.5. The van der Waals surface area contributed by atoms with E-state index >= 15 is 0 Å². The fourth-order valence-electron chi connectivity index (χ4n) is 4.83. The summed E-state index contributed by atoms with van der Waals surface area (Å²) in [6, 6.07) is 10.4. The van der Waals surface area contributed by atoms with Crippen LogP contribution in [-0.4, -0.2) is 35.2 Å². The molecule has 138 valence electrons. The van der Waals surface area contributed by atoms with Crippen molar-refractivity contribution in [1.82, 2.24) is 9.88 Å². The van der Waals surface area contributed by atoms with Crippen LogP contribution in [0.1, 0.15) is 35.2 Å².